The van der Waals surface area contributed by atoms with Gasteiger partial charge in [0.05, 0.1) is 0 Å². The maximum Gasteiger partial charge on any atom is 0.232 e. The lowest BCUT2D eigenvalue weighted by Gasteiger charge is -2.37. The van der Waals surface area contributed by atoms with E-state index in [1.807, 2.05) is 24.3 Å². The van der Waals surface area contributed by atoms with Gasteiger partial charge in [-0.1, -0.05) is 41.9 Å². The fraction of sp³-hybridized carbons (Fsp3) is 0.346. The van der Waals surface area contributed by atoms with Crippen LogP contribution < -0.4 is 25.3 Å². The minimum atomic E-state index is 0.498. The first-order valence-corrected chi connectivity index (χ1v) is 12.9. The molecule has 0 saturated carbocycles. The lowest BCUT2D eigenvalue weighted by atomic mass is 10.2. The molecule has 2 fully saturated rings. The summed E-state index contributed by atoms with van der Waals surface area (Å²) in [6.45, 7) is 6.37. The third-order valence-corrected chi connectivity index (χ3v) is 6.94. The molecule has 0 spiro atoms. The molecule has 2 aliphatic heterocycles. The molecule has 0 aliphatic carbocycles. The van der Waals surface area contributed by atoms with Crippen LogP contribution in [0.25, 0.3) is 0 Å². The number of nitrogens with one attached hydrogen (secondary N) is 2. The lowest BCUT2D eigenvalue weighted by molar-refractivity contribution is 0.647. The molecule has 3 heterocycles. The lowest BCUT2D eigenvalue weighted by Crippen LogP contribution is -2.47. The van der Waals surface area contributed by atoms with Crippen molar-refractivity contribution in [2.75, 3.05) is 59.3 Å². The number of para-hydroxylation sites is 1. The van der Waals surface area contributed by atoms with E-state index >= 15 is 0 Å². The molecule has 0 radical (unpaired) electrons. The molecule has 2 saturated heterocycles. The van der Waals surface area contributed by atoms with Crippen molar-refractivity contribution < 1.29 is 0 Å². The molecule has 0 amide bonds. The first-order chi connectivity index (χ1) is 17.1. The molecule has 0 unspecified atom stereocenters. The highest BCUT2D eigenvalue weighted by Gasteiger charge is 2.22. The van der Waals surface area contributed by atoms with Gasteiger partial charge in [-0.3, -0.25) is 0 Å². The molecular formula is C26H30ClN7S. The van der Waals surface area contributed by atoms with E-state index in [9.17, 15) is 0 Å². The third-order valence-electron chi connectivity index (χ3n) is 6.45. The summed E-state index contributed by atoms with van der Waals surface area (Å²) in [4.78, 5) is 16.7. The number of anilines is 4. The van der Waals surface area contributed by atoms with Crippen LogP contribution in [-0.2, 0) is 6.54 Å². The summed E-state index contributed by atoms with van der Waals surface area (Å²) in [6.07, 6.45) is 2.39. The quantitative estimate of drug-likeness (QED) is 0.471. The van der Waals surface area contributed by atoms with E-state index in [1.165, 1.54) is 18.5 Å². The van der Waals surface area contributed by atoms with Crippen LogP contribution in [0.3, 0.4) is 0 Å². The average Bonchev–Trinajstić information content (AvgIpc) is 3.44. The van der Waals surface area contributed by atoms with E-state index in [0.717, 1.165) is 61.5 Å². The average molecular weight is 508 g/mol. The maximum atomic E-state index is 5.98. The SMILES string of the molecule is S=C(NCc1ccc(Cl)cc1)Nc1nc(N2CCCC2)cc(N2CCN(c3ccccc3)CC2)n1. The first kappa shape index (κ1) is 23.6. The molecule has 3 aromatic rings. The van der Waals surface area contributed by atoms with E-state index in [0.29, 0.717) is 17.6 Å². The number of rotatable bonds is 6. The van der Waals surface area contributed by atoms with Crippen LogP contribution in [0.1, 0.15) is 18.4 Å². The van der Waals surface area contributed by atoms with E-state index < -0.39 is 0 Å². The molecule has 182 valence electrons. The van der Waals surface area contributed by atoms with Gasteiger partial charge >= 0.3 is 0 Å². The molecule has 5 rings (SSSR count). The number of hydrogen-bond acceptors (Lipinski definition) is 6. The number of hydrogen-bond donors (Lipinski definition) is 2. The molecule has 2 N–H and O–H groups in total. The number of piperazine rings is 1. The molecule has 2 aliphatic rings. The predicted molar refractivity (Wildman–Crippen MR) is 149 cm³/mol. The normalized spacial score (nSPS) is 15.9. The van der Waals surface area contributed by atoms with Crippen molar-refractivity contribution in [2.24, 2.45) is 0 Å². The zero-order valence-electron chi connectivity index (χ0n) is 19.7. The van der Waals surface area contributed by atoms with E-state index in [1.54, 1.807) is 0 Å². The third kappa shape index (κ3) is 6.13. The summed E-state index contributed by atoms with van der Waals surface area (Å²) in [7, 11) is 0. The summed E-state index contributed by atoms with van der Waals surface area (Å²) in [6, 6.07) is 20.4. The van der Waals surface area contributed by atoms with Crippen LogP contribution in [0.15, 0.2) is 60.7 Å². The number of halogens is 1. The van der Waals surface area contributed by atoms with E-state index in [-0.39, 0.29) is 0 Å². The van der Waals surface area contributed by atoms with Crippen LogP contribution >= 0.6 is 23.8 Å². The van der Waals surface area contributed by atoms with Gasteiger partial charge in [0.2, 0.25) is 5.95 Å². The fourth-order valence-electron chi connectivity index (χ4n) is 4.51. The molecular weight excluding hydrogens is 478 g/mol. The number of benzene rings is 2. The summed E-state index contributed by atoms with van der Waals surface area (Å²) >= 11 is 11.5. The van der Waals surface area contributed by atoms with E-state index in [2.05, 4.69) is 61.7 Å². The summed E-state index contributed by atoms with van der Waals surface area (Å²) < 4.78 is 0. The zero-order chi connectivity index (χ0) is 24.0. The van der Waals surface area contributed by atoms with Crippen molar-refractivity contribution in [1.29, 1.82) is 0 Å². The van der Waals surface area contributed by atoms with Crippen molar-refractivity contribution in [3.63, 3.8) is 0 Å². The Balaban J connectivity index is 1.27. The van der Waals surface area contributed by atoms with Gasteiger partial charge in [0.25, 0.3) is 0 Å². The van der Waals surface area contributed by atoms with Crippen molar-refractivity contribution in [2.45, 2.75) is 19.4 Å². The topological polar surface area (TPSA) is 59.6 Å². The van der Waals surface area contributed by atoms with Gasteiger partial charge in [0.1, 0.15) is 11.6 Å². The molecule has 7 nitrogen and oxygen atoms in total. The van der Waals surface area contributed by atoms with Gasteiger partial charge < -0.3 is 25.3 Å². The molecule has 35 heavy (non-hydrogen) atoms. The van der Waals surface area contributed by atoms with Crippen LogP contribution in [-0.4, -0.2) is 54.3 Å². The van der Waals surface area contributed by atoms with Crippen molar-refractivity contribution in [3.05, 3.63) is 71.2 Å². The summed E-state index contributed by atoms with van der Waals surface area (Å²) in [5.74, 6) is 2.43. The monoisotopic (exact) mass is 507 g/mol. The van der Waals surface area contributed by atoms with Gasteiger partial charge in [-0.25, -0.2) is 0 Å². The smallest absolute Gasteiger partial charge is 0.232 e. The van der Waals surface area contributed by atoms with Crippen molar-refractivity contribution >= 4 is 52.2 Å². The van der Waals surface area contributed by atoms with Crippen molar-refractivity contribution in [3.8, 4) is 0 Å². The number of aromatic nitrogens is 2. The highest BCUT2D eigenvalue weighted by Crippen LogP contribution is 2.26. The highest BCUT2D eigenvalue weighted by molar-refractivity contribution is 7.80. The minimum Gasteiger partial charge on any atom is -0.368 e. The number of nitrogens with zero attached hydrogens (tertiary/aromatic N) is 5. The second-order valence-corrected chi connectivity index (χ2v) is 9.69. The Bertz CT molecular complexity index is 1130. The van der Waals surface area contributed by atoms with Crippen LogP contribution in [0.4, 0.5) is 23.3 Å². The minimum absolute atomic E-state index is 0.498. The van der Waals surface area contributed by atoms with Crippen LogP contribution in [0, 0.1) is 0 Å². The fourth-order valence-corrected chi connectivity index (χ4v) is 4.80. The largest absolute Gasteiger partial charge is 0.368 e. The summed E-state index contributed by atoms with van der Waals surface area (Å²) in [5, 5.41) is 7.67. The Morgan fingerprint density at radius 3 is 2.06 bits per heavy atom. The highest BCUT2D eigenvalue weighted by atomic mass is 35.5. The second-order valence-electron chi connectivity index (χ2n) is 8.85. The van der Waals surface area contributed by atoms with Crippen molar-refractivity contribution in [1.82, 2.24) is 15.3 Å². The molecule has 9 heteroatoms. The van der Waals surface area contributed by atoms with Gasteiger partial charge in [0.15, 0.2) is 5.11 Å². The molecule has 1 aromatic heterocycles. The maximum absolute atomic E-state index is 5.98. The molecule has 0 atom stereocenters. The van der Waals surface area contributed by atoms with Crippen LogP contribution in [0.5, 0.6) is 0 Å². The number of thiocarbonyl (C=S) groups is 1. The predicted octanol–water partition coefficient (Wildman–Crippen LogP) is 4.54. The Morgan fingerprint density at radius 1 is 0.800 bits per heavy atom. The first-order valence-electron chi connectivity index (χ1n) is 12.1. The Morgan fingerprint density at radius 2 is 1.40 bits per heavy atom. The van der Waals surface area contributed by atoms with Gasteiger partial charge in [-0.2, -0.15) is 9.97 Å². The Kier molecular flexibility index (Phi) is 7.49. The molecule has 0 bridgehead atoms. The standard InChI is InChI=1S/C26H30ClN7S/c27-21-10-8-20(9-11-21)19-28-26(35)31-25-29-23(33-12-4-5-13-33)18-24(30-25)34-16-14-32(15-17-34)22-6-2-1-3-7-22/h1-3,6-11,18H,4-5,12-17,19H2,(H2,28,29,30,31,35). The molecule has 2 aromatic carbocycles. The van der Waals surface area contributed by atoms with Gasteiger partial charge in [0, 0.05) is 62.6 Å². The Hall–Kier alpha value is -3.10. The van der Waals surface area contributed by atoms with E-state index in [4.69, 9.17) is 33.8 Å². The van der Waals surface area contributed by atoms with Gasteiger partial charge in [-0.15, -0.1) is 0 Å². The summed E-state index contributed by atoms with van der Waals surface area (Å²) in [5.41, 5.74) is 2.37. The zero-order valence-corrected chi connectivity index (χ0v) is 21.2. The second kappa shape index (κ2) is 11.1. The van der Waals surface area contributed by atoms with Crippen LogP contribution in [0.2, 0.25) is 5.02 Å². The van der Waals surface area contributed by atoms with Gasteiger partial charge in [-0.05, 0) is 54.9 Å². The Labute approximate surface area is 217 Å².